The molecule has 0 heteroatoms. The summed E-state index contributed by atoms with van der Waals surface area (Å²) < 4.78 is 0. The van der Waals surface area contributed by atoms with Crippen molar-refractivity contribution in [2.45, 2.75) is 27.7 Å². The standard InChI is InChI=1S/C28H22/c1-15-7-5-9-19-17(3)21-12-14-24-26-16(2)8-6-10-20(26)18(4)22-11-13-23(25(15)19)27(21)28(22)24/h5-14H,1-4H3. The smallest absolute Gasteiger partial charge is 0.00173 e. The molecule has 0 radical (unpaired) electrons. The fourth-order valence-electron chi connectivity index (χ4n) is 5.50. The molecule has 6 rings (SSSR count). The van der Waals surface area contributed by atoms with Crippen LogP contribution in [0.5, 0.6) is 0 Å². The molecule has 0 saturated carbocycles. The maximum atomic E-state index is 2.35. The monoisotopic (exact) mass is 358 g/mol. The van der Waals surface area contributed by atoms with Crippen LogP contribution < -0.4 is 0 Å². The van der Waals surface area contributed by atoms with E-state index in [1.807, 2.05) is 0 Å². The van der Waals surface area contributed by atoms with Crippen molar-refractivity contribution in [3.05, 3.63) is 82.9 Å². The predicted molar refractivity (Wildman–Crippen MR) is 124 cm³/mol. The Kier molecular flexibility index (Phi) is 2.97. The zero-order valence-corrected chi connectivity index (χ0v) is 16.8. The van der Waals surface area contributed by atoms with Crippen molar-refractivity contribution in [2.24, 2.45) is 0 Å². The van der Waals surface area contributed by atoms with Gasteiger partial charge < -0.3 is 0 Å². The predicted octanol–water partition coefficient (Wildman–Crippen LogP) is 8.12. The van der Waals surface area contributed by atoms with Gasteiger partial charge in [-0.2, -0.15) is 0 Å². The summed E-state index contributed by atoms with van der Waals surface area (Å²) >= 11 is 0. The fraction of sp³-hybridized carbons (Fsp3) is 0.143. The lowest BCUT2D eigenvalue weighted by Crippen LogP contribution is -1.94. The summed E-state index contributed by atoms with van der Waals surface area (Å²) in [5.74, 6) is 0. The number of rotatable bonds is 0. The summed E-state index contributed by atoms with van der Waals surface area (Å²) in [4.78, 5) is 0. The minimum atomic E-state index is 1.36. The zero-order chi connectivity index (χ0) is 19.2. The van der Waals surface area contributed by atoms with Crippen molar-refractivity contribution >= 4 is 53.9 Å². The third kappa shape index (κ3) is 1.76. The van der Waals surface area contributed by atoms with E-state index in [0.717, 1.165) is 0 Å². The molecule has 0 bridgehead atoms. The zero-order valence-electron chi connectivity index (χ0n) is 16.8. The molecular weight excluding hydrogens is 336 g/mol. The van der Waals surface area contributed by atoms with Gasteiger partial charge in [-0.15, -0.1) is 0 Å². The molecule has 6 aromatic carbocycles. The van der Waals surface area contributed by atoms with Crippen LogP contribution in [-0.2, 0) is 0 Å². The average Bonchev–Trinajstić information content (AvgIpc) is 2.70. The third-order valence-electron chi connectivity index (χ3n) is 6.86. The highest BCUT2D eigenvalue weighted by atomic mass is 14.2. The van der Waals surface area contributed by atoms with Gasteiger partial charge in [-0.05, 0) is 104 Å². The molecular formula is C28H22. The summed E-state index contributed by atoms with van der Waals surface area (Å²) in [6, 6.07) is 22.8. The Balaban J connectivity index is 2.05. The minimum absolute atomic E-state index is 1.36. The minimum Gasteiger partial charge on any atom is -0.0614 e. The van der Waals surface area contributed by atoms with Gasteiger partial charge in [0.1, 0.15) is 0 Å². The van der Waals surface area contributed by atoms with E-state index in [1.54, 1.807) is 0 Å². The Labute approximate surface area is 164 Å². The molecule has 0 atom stereocenters. The van der Waals surface area contributed by atoms with Crippen LogP contribution in [0.4, 0.5) is 0 Å². The van der Waals surface area contributed by atoms with E-state index in [-0.39, 0.29) is 0 Å². The Morgan fingerprint density at radius 2 is 0.714 bits per heavy atom. The molecule has 0 aliphatic carbocycles. The van der Waals surface area contributed by atoms with Crippen LogP contribution >= 0.6 is 0 Å². The van der Waals surface area contributed by atoms with Crippen molar-refractivity contribution < 1.29 is 0 Å². The van der Waals surface area contributed by atoms with Gasteiger partial charge in [0.15, 0.2) is 0 Å². The molecule has 6 aromatic rings. The highest BCUT2D eigenvalue weighted by Crippen LogP contribution is 2.45. The number of hydrogen-bond acceptors (Lipinski definition) is 0. The molecule has 0 aromatic heterocycles. The molecule has 0 unspecified atom stereocenters. The van der Waals surface area contributed by atoms with Crippen molar-refractivity contribution in [1.29, 1.82) is 0 Å². The maximum Gasteiger partial charge on any atom is -0.00173 e. The molecule has 0 nitrogen and oxygen atoms in total. The first-order chi connectivity index (χ1) is 13.6. The lowest BCUT2D eigenvalue weighted by Gasteiger charge is -2.20. The molecule has 0 heterocycles. The molecule has 0 amide bonds. The molecule has 0 N–H and O–H groups in total. The molecule has 0 saturated heterocycles. The van der Waals surface area contributed by atoms with Gasteiger partial charge in [-0.1, -0.05) is 60.7 Å². The van der Waals surface area contributed by atoms with E-state index in [1.165, 1.54) is 76.1 Å². The van der Waals surface area contributed by atoms with Crippen molar-refractivity contribution in [3.63, 3.8) is 0 Å². The highest BCUT2D eigenvalue weighted by Gasteiger charge is 2.18. The van der Waals surface area contributed by atoms with Crippen LogP contribution in [-0.4, -0.2) is 0 Å². The molecule has 134 valence electrons. The topological polar surface area (TPSA) is 0 Å². The van der Waals surface area contributed by atoms with Crippen LogP contribution in [0, 0.1) is 27.7 Å². The first-order valence-electron chi connectivity index (χ1n) is 10.1. The second-order valence-corrected chi connectivity index (χ2v) is 8.32. The first kappa shape index (κ1) is 15.9. The third-order valence-corrected chi connectivity index (χ3v) is 6.86. The van der Waals surface area contributed by atoms with E-state index in [4.69, 9.17) is 0 Å². The van der Waals surface area contributed by atoms with Crippen LogP contribution in [0.1, 0.15) is 22.3 Å². The van der Waals surface area contributed by atoms with Gasteiger partial charge >= 0.3 is 0 Å². The van der Waals surface area contributed by atoms with E-state index in [0.29, 0.717) is 0 Å². The van der Waals surface area contributed by atoms with E-state index in [9.17, 15) is 0 Å². The Morgan fingerprint density at radius 1 is 0.357 bits per heavy atom. The number of fused-ring (bicyclic) bond motifs is 4. The number of benzene rings is 6. The van der Waals surface area contributed by atoms with Gasteiger partial charge in [0.25, 0.3) is 0 Å². The lowest BCUT2D eigenvalue weighted by molar-refractivity contribution is 1.51. The van der Waals surface area contributed by atoms with Crippen LogP contribution in [0.15, 0.2) is 60.7 Å². The Bertz CT molecular complexity index is 1460. The maximum absolute atomic E-state index is 2.35. The van der Waals surface area contributed by atoms with Crippen molar-refractivity contribution in [1.82, 2.24) is 0 Å². The summed E-state index contributed by atoms with van der Waals surface area (Å²) in [6.07, 6.45) is 0. The van der Waals surface area contributed by atoms with Crippen molar-refractivity contribution in [2.75, 3.05) is 0 Å². The fourth-order valence-corrected chi connectivity index (χ4v) is 5.50. The largest absolute Gasteiger partial charge is 0.0614 e. The first-order valence-corrected chi connectivity index (χ1v) is 10.1. The van der Waals surface area contributed by atoms with Gasteiger partial charge in [0, 0.05) is 0 Å². The SMILES string of the molecule is Cc1c2cccc(C)c2c2ccc3c(C)c4cccc(C)c4c4ccc1c2c34. The molecule has 0 aliphatic heterocycles. The molecule has 0 spiro atoms. The Hall–Kier alpha value is -3.12. The second kappa shape index (κ2) is 5.23. The summed E-state index contributed by atoms with van der Waals surface area (Å²) in [5.41, 5.74) is 5.50. The molecule has 0 fully saturated rings. The van der Waals surface area contributed by atoms with Crippen LogP contribution in [0.2, 0.25) is 0 Å². The summed E-state index contributed by atoms with van der Waals surface area (Å²) in [5, 5.41) is 14.0. The quantitative estimate of drug-likeness (QED) is 0.190. The normalized spacial score (nSPS) is 12.3. The van der Waals surface area contributed by atoms with Crippen molar-refractivity contribution in [3.8, 4) is 0 Å². The summed E-state index contributed by atoms with van der Waals surface area (Å²) in [7, 11) is 0. The van der Waals surface area contributed by atoms with E-state index < -0.39 is 0 Å². The number of aryl methyl sites for hydroxylation is 4. The van der Waals surface area contributed by atoms with E-state index in [2.05, 4.69) is 88.4 Å². The average molecular weight is 358 g/mol. The molecule has 28 heavy (non-hydrogen) atoms. The van der Waals surface area contributed by atoms with E-state index >= 15 is 0 Å². The highest BCUT2D eigenvalue weighted by molar-refractivity contribution is 6.34. The van der Waals surface area contributed by atoms with Crippen LogP contribution in [0.3, 0.4) is 0 Å². The van der Waals surface area contributed by atoms with Gasteiger partial charge in [-0.3, -0.25) is 0 Å². The second-order valence-electron chi connectivity index (χ2n) is 8.32. The number of hydrogen-bond donors (Lipinski definition) is 0. The Morgan fingerprint density at radius 3 is 1.14 bits per heavy atom. The van der Waals surface area contributed by atoms with Gasteiger partial charge in [0.05, 0.1) is 0 Å². The lowest BCUT2D eigenvalue weighted by atomic mass is 9.83. The molecule has 0 aliphatic rings. The summed E-state index contributed by atoms with van der Waals surface area (Å²) in [6.45, 7) is 9.04. The van der Waals surface area contributed by atoms with Crippen LogP contribution in [0.25, 0.3) is 53.9 Å². The van der Waals surface area contributed by atoms with Gasteiger partial charge in [0.2, 0.25) is 0 Å². The van der Waals surface area contributed by atoms with Gasteiger partial charge in [-0.25, -0.2) is 0 Å².